The van der Waals surface area contributed by atoms with E-state index < -0.39 is 0 Å². The van der Waals surface area contributed by atoms with Crippen LogP contribution in [0.5, 0.6) is 0 Å². The molecule has 0 amide bonds. The second-order valence-corrected chi connectivity index (χ2v) is 2.48. The lowest BCUT2D eigenvalue weighted by atomic mass is 10.5. The number of aryl methyl sites for hydroxylation is 1. The zero-order valence-electron chi connectivity index (χ0n) is 7.60. The Morgan fingerprint density at radius 3 is 3.00 bits per heavy atom. The van der Waals surface area contributed by atoms with Crippen molar-refractivity contribution in [3.8, 4) is 0 Å². The molecule has 0 spiro atoms. The van der Waals surface area contributed by atoms with E-state index in [1.807, 2.05) is 19.0 Å². The first-order chi connectivity index (χ1) is 5.72. The Morgan fingerprint density at radius 1 is 1.75 bits per heavy atom. The van der Waals surface area contributed by atoms with Crippen molar-refractivity contribution in [2.24, 2.45) is 12.1 Å². The van der Waals surface area contributed by atoms with Gasteiger partial charge >= 0.3 is 0 Å². The fourth-order valence-corrected chi connectivity index (χ4v) is 0.660. The summed E-state index contributed by atoms with van der Waals surface area (Å²) in [5.41, 5.74) is 0.776. The van der Waals surface area contributed by atoms with Crippen molar-refractivity contribution in [3.63, 3.8) is 0 Å². The Morgan fingerprint density at radius 2 is 2.50 bits per heavy atom. The molecule has 1 aromatic rings. The number of hydrogen-bond acceptors (Lipinski definition) is 4. The van der Waals surface area contributed by atoms with Gasteiger partial charge in [-0.05, 0) is 6.92 Å². The van der Waals surface area contributed by atoms with E-state index >= 15 is 0 Å². The molecule has 0 aliphatic rings. The Bertz CT molecular complexity index is 265. The number of hydrogen-bond donors (Lipinski definition) is 0. The van der Waals surface area contributed by atoms with Gasteiger partial charge < -0.3 is 5.01 Å². The molecule has 0 saturated carbocycles. The quantitative estimate of drug-likeness (QED) is 0.474. The lowest BCUT2D eigenvalue weighted by Gasteiger charge is -2.06. The van der Waals surface area contributed by atoms with Gasteiger partial charge in [0.1, 0.15) is 5.69 Å². The largest absolute Gasteiger partial charge is 0.300 e. The van der Waals surface area contributed by atoms with Crippen LogP contribution in [0.2, 0.25) is 0 Å². The predicted molar refractivity (Wildman–Crippen MR) is 46.9 cm³/mol. The second kappa shape index (κ2) is 3.85. The van der Waals surface area contributed by atoms with Gasteiger partial charge in [0.05, 0.1) is 12.4 Å². The Kier molecular flexibility index (Phi) is 2.79. The van der Waals surface area contributed by atoms with Gasteiger partial charge in [-0.25, -0.2) is 0 Å². The van der Waals surface area contributed by atoms with Gasteiger partial charge in [-0.3, -0.25) is 0 Å². The average molecular weight is 167 g/mol. The third-order valence-electron chi connectivity index (χ3n) is 1.46. The minimum absolute atomic E-state index is 0.776. The van der Waals surface area contributed by atoms with Crippen LogP contribution in [0.3, 0.4) is 0 Å². The summed E-state index contributed by atoms with van der Waals surface area (Å²) in [6, 6.07) is 0. The number of aromatic nitrogens is 3. The van der Waals surface area contributed by atoms with Gasteiger partial charge in [-0.2, -0.15) is 20.1 Å². The molecule has 0 N–H and O–H groups in total. The summed E-state index contributed by atoms with van der Waals surface area (Å²) in [6.45, 7) is 2.92. The Hall–Kier alpha value is -1.39. The fourth-order valence-electron chi connectivity index (χ4n) is 0.660. The molecule has 5 nitrogen and oxygen atoms in total. The minimum Gasteiger partial charge on any atom is -0.300 e. The van der Waals surface area contributed by atoms with Gasteiger partial charge in [0.2, 0.25) is 0 Å². The summed E-state index contributed by atoms with van der Waals surface area (Å²) in [5.74, 6) is 0. The first-order valence-electron chi connectivity index (χ1n) is 3.84. The summed E-state index contributed by atoms with van der Waals surface area (Å²) < 4.78 is 0. The maximum Gasteiger partial charge on any atom is 0.125 e. The highest BCUT2D eigenvalue weighted by Crippen LogP contribution is 1.87. The maximum absolute atomic E-state index is 4.12. The number of nitrogens with zero attached hydrogens (tertiary/aromatic N) is 5. The molecule has 0 aromatic carbocycles. The van der Waals surface area contributed by atoms with Crippen molar-refractivity contribution in [1.82, 2.24) is 20.0 Å². The van der Waals surface area contributed by atoms with Gasteiger partial charge in [0.25, 0.3) is 0 Å². The summed E-state index contributed by atoms with van der Waals surface area (Å²) in [6.07, 6.45) is 3.36. The number of hydrazone groups is 1. The van der Waals surface area contributed by atoms with Crippen molar-refractivity contribution in [2.45, 2.75) is 6.92 Å². The smallest absolute Gasteiger partial charge is 0.125 e. The predicted octanol–water partition coefficient (Wildman–Crippen LogP) is 0.101. The molecule has 0 bridgehead atoms. The molecule has 1 heterocycles. The summed E-state index contributed by atoms with van der Waals surface area (Å²) in [5, 5.41) is 13.9. The maximum atomic E-state index is 4.12. The van der Waals surface area contributed by atoms with Crippen LogP contribution in [-0.4, -0.2) is 39.8 Å². The molecular weight excluding hydrogens is 154 g/mol. The van der Waals surface area contributed by atoms with Crippen LogP contribution in [0.15, 0.2) is 11.3 Å². The van der Waals surface area contributed by atoms with Crippen molar-refractivity contribution in [2.75, 3.05) is 13.6 Å². The van der Waals surface area contributed by atoms with E-state index in [1.165, 1.54) is 4.80 Å². The molecule has 12 heavy (non-hydrogen) atoms. The normalized spacial score (nSPS) is 10.9. The highest BCUT2D eigenvalue weighted by molar-refractivity contribution is 5.75. The topological polar surface area (TPSA) is 46.3 Å². The van der Waals surface area contributed by atoms with E-state index in [1.54, 1.807) is 19.5 Å². The first-order valence-corrected chi connectivity index (χ1v) is 3.84. The second-order valence-electron chi connectivity index (χ2n) is 2.48. The highest BCUT2D eigenvalue weighted by Gasteiger charge is 1.92. The third kappa shape index (κ3) is 2.34. The van der Waals surface area contributed by atoms with Crippen LogP contribution in [0.25, 0.3) is 0 Å². The van der Waals surface area contributed by atoms with Crippen molar-refractivity contribution < 1.29 is 0 Å². The molecule has 0 saturated heterocycles. The monoisotopic (exact) mass is 167 g/mol. The van der Waals surface area contributed by atoms with E-state index in [0.717, 1.165) is 12.2 Å². The van der Waals surface area contributed by atoms with Gasteiger partial charge in [0.15, 0.2) is 0 Å². The van der Waals surface area contributed by atoms with Crippen LogP contribution < -0.4 is 0 Å². The summed E-state index contributed by atoms with van der Waals surface area (Å²) in [7, 11) is 3.69. The van der Waals surface area contributed by atoms with Crippen LogP contribution in [0.4, 0.5) is 0 Å². The van der Waals surface area contributed by atoms with Crippen LogP contribution in [0, 0.1) is 0 Å². The van der Waals surface area contributed by atoms with Crippen LogP contribution in [-0.2, 0) is 7.05 Å². The molecule has 5 heteroatoms. The van der Waals surface area contributed by atoms with Gasteiger partial charge in [-0.15, -0.1) is 0 Å². The zero-order valence-corrected chi connectivity index (χ0v) is 7.60. The summed E-state index contributed by atoms with van der Waals surface area (Å²) in [4.78, 5) is 1.51. The Balaban J connectivity index is 2.57. The van der Waals surface area contributed by atoms with Crippen LogP contribution >= 0.6 is 0 Å². The highest BCUT2D eigenvalue weighted by atomic mass is 15.5. The average Bonchev–Trinajstić information content (AvgIpc) is 2.47. The zero-order chi connectivity index (χ0) is 8.97. The molecule has 0 aliphatic carbocycles. The number of rotatable bonds is 3. The van der Waals surface area contributed by atoms with Gasteiger partial charge in [-0.1, -0.05) is 0 Å². The third-order valence-corrected chi connectivity index (χ3v) is 1.46. The molecule has 66 valence electrons. The Labute approximate surface area is 71.7 Å². The molecule has 0 fully saturated rings. The molecule has 0 unspecified atom stereocenters. The van der Waals surface area contributed by atoms with E-state index in [9.17, 15) is 0 Å². The molecular formula is C7H13N5. The van der Waals surface area contributed by atoms with E-state index in [-0.39, 0.29) is 0 Å². The molecule has 1 aromatic heterocycles. The molecule has 1 rings (SSSR count). The molecule has 0 atom stereocenters. The van der Waals surface area contributed by atoms with E-state index in [0.29, 0.717) is 0 Å². The van der Waals surface area contributed by atoms with Crippen molar-refractivity contribution in [3.05, 3.63) is 11.9 Å². The van der Waals surface area contributed by atoms with Crippen LogP contribution in [0.1, 0.15) is 12.6 Å². The lowest BCUT2D eigenvalue weighted by molar-refractivity contribution is 0.377. The van der Waals surface area contributed by atoms with E-state index in [2.05, 4.69) is 15.3 Å². The molecule has 0 aliphatic heterocycles. The van der Waals surface area contributed by atoms with Gasteiger partial charge in [0, 0.05) is 20.6 Å². The van der Waals surface area contributed by atoms with Crippen molar-refractivity contribution in [1.29, 1.82) is 0 Å². The first kappa shape index (κ1) is 8.70. The standard InChI is InChI=1S/C7H13N5/c1-4-11(2)8-5-7-6-9-12(3)10-7/h5-6H,4H2,1-3H3/b8-5+. The van der Waals surface area contributed by atoms with Crippen molar-refractivity contribution >= 4 is 6.21 Å². The molecule has 0 radical (unpaired) electrons. The minimum atomic E-state index is 0.776. The summed E-state index contributed by atoms with van der Waals surface area (Å²) >= 11 is 0. The SMILES string of the molecule is CCN(C)/N=C/c1cnn(C)n1. The fraction of sp³-hybridized carbons (Fsp3) is 0.571. The lowest BCUT2D eigenvalue weighted by Crippen LogP contribution is -2.09. The van der Waals surface area contributed by atoms with E-state index in [4.69, 9.17) is 0 Å².